The second-order valence-electron chi connectivity index (χ2n) is 4.31. The average molecular weight is 252 g/mol. The van der Waals surface area contributed by atoms with Gasteiger partial charge in [-0.1, -0.05) is 37.1 Å². The third-order valence-electron chi connectivity index (χ3n) is 2.74. The number of aryl methyl sites for hydroxylation is 1. The summed E-state index contributed by atoms with van der Waals surface area (Å²) in [5.74, 6) is 1.90. The molecule has 0 heterocycles. The van der Waals surface area contributed by atoms with Gasteiger partial charge in [0.05, 0.1) is 0 Å². The van der Waals surface area contributed by atoms with Crippen LogP contribution in [0.15, 0.2) is 28.3 Å². The topological polar surface area (TPSA) is 58.6 Å². The van der Waals surface area contributed by atoms with E-state index in [9.17, 15) is 0 Å². The largest absolute Gasteiger partial charge is 0.409 e. The summed E-state index contributed by atoms with van der Waals surface area (Å²) in [5.41, 5.74) is 7.62. The molecule has 0 radical (unpaired) electrons. The van der Waals surface area contributed by atoms with E-state index in [1.54, 1.807) is 11.8 Å². The number of benzene rings is 1. The quantitative estimate of drug-likeness (QED) is 0.278. The van der Waals surface area contributed by atoms with E-state index in [0.29, 0.717) is 5.92 Å². The normalized spacial score (nSPS) is 13.7. The van der Waals surface area contributed by atoms with Gasteiger partial charge in [-0.25, -0.2) is 0 Å². The van der Waals surface area contributed by atoms with Gasteiger partial charge in [-0.15, -0.1) is 11.8 Å². The first-order chi connectivity index (χ1) is 8.08. The second-order valence-corrected chi connectivity index (χ2v) is 5.37. The summed E-state index contributed by atoms with van der Waals surface area (Å²) in [6.07, 6.45) is 1.16. The Labute approximate surface area is 107 Å². The van der Waals surface area contributed by atoms with Crippen molar-refractivity contribution in [3.8, 4) is 0 Å². The molecule has 0 aliphatic carbocycles. The Morgan fingerprint density at radius 2 is 2.24 bits per heavy atom. The van der Waals surface area contributed by atoms with Crippen LogP contribution in [-0.4, -0.2) is 16.8 Å². The summed E-state index contributed by atoms with van der Waals surface area (Å²) < 4.78 is 0. The van der Waals surface area contributed by atoms with Crippen molar-refractivity contribution >= 4 is 17.6 Å². The molecule has 0 aromatic heterocycles. The highest BCUT2D eigenvalue weighted by molar-refractivity contribution is 7.99. The number of nitrogens with zero attached hydrogens (tertiary/aromatic N) is 1. The van der Waals surface area contributed by atoms with E-state index < -0.39 is 0 Å². The van der Waals surface area contributed by atoms with Crippen molar-refractivity contribution in [1.29, 1.82) is 0 Å². The fraction of sp³-hybridized carbons (Fsp3) is 0.462. The van der Waals surface area contributed by atoms with Gasteiger partial charge in [0.15, 0.2) is 5.84 Å². The molecular weight excluding hydrogens is 232 g/mol. The predicted octanol–water partition coefficient (Wildman–Crippen LogP) is 3.23. The van der Waals surface area contributed by atoms with Gasteiger partial charge in [0.1, 0.15) is 0 Å². The highest BCUT2D eigenvalue weighted by Crippen LogP contribution is 2.26. The molecule has 3 nitrogen and oxygen atoms in total. The number of thioether (sulfide) groups is 1. The summed E-state index contributed by atoms with van der Waals surface area (Å²) in [6.45, 7) is 6.41. The SMILES string of the molecule is CCC(C)CSc1ccc(C)cc1/C(N)=N/O. The smallest absolute Gasteiger partial charge is 0.171 e. The van der Waals surface area contributed by atoms with Crippen LogP contribution in [0.4, 0.5) is 0 Å². The van der Waals surface area contributed by atoms with Crippen molar-refractivity contribution in [3.63, 3.8) is 0 Å². The van der Waals surface area contributed by atoms with Crippen molar-refractivity contribution in [2.75, 3.05) is 5.75 Å². The van der Waals surface area contributed by atoms with Gasteiger partial charge in [0.2, 0.25) is 0 Å². The van der Waals surface area contributed by atoms with E-state index in [1.165, 1.54) is 0 Å². The molecule has 0 fully saturated rings. The van der Waals surface area contributed by atoms with Gasteiger partial charge in [-0.05, 0) is 25.0 Å². The zero-order chi connectivity index (χ0) is 12.8. The van der Waals surface area contributed by atoms with Gasteiger partial charge in [0.25, 0.3) is 0 Å². The van der Waals surface area contributed by atoms with E-state index in [4.69, 9.17) is 10.9 Å². The number of nitrogens with two attached hydrogens (primary N) is 1. The number of hydrogen-bond acceptors (Lipinski definition) is 3. The molecule has 1 atom stereocenters. The van der Waals surface area contributed by atoms with E-state index in [1.807, 2.05) is 25.1 Å². The standard InChI is InChI=1S/C13H20N2OS/c1-4-9(2)8-17-12-6-5-10(3)7-11(12)13(14)15-16/h5-7,9,16H,4,8H2,1-3H3,(H2,14,15). The molecule has 1 aromatic carbocycles. The molecule has 0 amide bonds. The molecule has 1 aromatic rings. The molecule has 0 spiro atoms. The minimum absolute atomic E-state index is 0.181. The van der Waals surface area contributed by atoms with E-state index >= 15 is 0 Å². The van der Waals surface area contributed by atoms with Crippen molar-refractivity contribution in [2.24, 2.45) is 16.8 Å². The molecule has 1 rings (SSSR count). The van der Waals surface area contributed by atoms with Crippen LogP contribution < -0.4 is 5.73 Å². The van der Waals surface area contributed by atoms with Crippen molar-refractivity contribution in [3.05, 3.63) is 29.3 Å². The zero-order valence-corrected chi connectivity index (χ0v) is 11.4. The number of oxime groups is 1. The molecule has 4 heteroatoms. The third-order valence-corrected chi connectivity index (χ3v) is 4.14. The van der Waals surface area contributed by atoms with Crippen LogP contribution in [0.1, 0.15) is 31.4 Å². The molecule has 3 N–H and O–H groups in total. The third kappa shape index (κ3) is 3.97. The van der Waals surface area contributed by atoms with Crippen LogP contribution in [0.5, 0.6) is 0 Å². The maximum atomic E-state index is 8.78. The Morgan fingerprint density at radius 1 is 1.53 bits per heavy atom. The highest BCUT2D eigenvalue weighted by atomic mass is 32.2. The summed E-state index contributed by atoms with van der Waals surface area (Å²) in [4.78, 5) is 1.08. The van der Waals surface area contributed by atoms with Crippen LogP contribution in [0, 0.1) is 12.8 Å². The van der Waals surface area contributed by atoms with Crippen molar-refractivity contribution in [2.45, 2.75) is 32.1 Å². The lowest BCUT2D eigenvalue weighted by molar-refractivity contribution is 0.318. The Hall–Kier alpha value is -1.16. The van der Waals surface area contributed by atoms with Gasteiger partial charge in [-0.2, -0.15) is 0 Å². The molecule has 94 valence electrons. The molecule has 0 saturated carbocycles. The fourth-order valence-electron chi connectivity index (χ4n) is 1.37. The maximum absolute atomic E-state index is 8.78. The second kappa shape index (κ2) is 6.55. The van der Waals surface area contributed by atoms with Crippen molar-refractivity contribution in [1.82, 2.24) is 0 Å². The van der Waals surface area contributed by atoms with Crippen LogP contribution in [-0.2, 0) is 0 Å². The van der Waals surface area contributed by atoms with E-state index in [0.717, 1.165) is 28.2 Å². The minimum atomic E-state index is 0.181. The van der Waals surface area contributed by atoms with Crippen LogP contribution >= 0.6 is 11.8 Å². The lowest BCUT2D eigenvalue weighted by Gasteiger charge is -2.11. The molecule has 0 aliphatic rings. The van der Waals surface area contributed by atoms with Crippen LogP contribution in [0.3, 0.4) is 0 Å². The Bertz CT molecular complexity index is 404. The molecule has 0 bridgehead atoms. The molecule has 1 unspecified atom stereocenters. The van der Waals surface area contributed by atoms with Gasteiger partial charge in [-0.3, -0.25) is 0 Å². The Morgan fingerprint density at radius 3 is 2.82 bits per heavy atom. The monoisotopic (exact) mass is 252 g/mol. The fourth-order valence-corrected chi connectivity index (χ4v) is 2.56. The van der Waals surface area contributed by atoms with E-state index in [-0.39, 0.29) is 5.84 Å². The minimum Gasteiger partial charge on any atom is -0.409 e. The number of rotatable bonds is 5. The maximum Gasteiger partial charge on any atom is 0.171 e. The molecule has 0 saturated heterocycles. The predicted molar refractivity (Wildman–Crippen MR) is 73.9 cm³/mol. The number of amidine groups is 1. The van der Waals surface area contributed by atoms with Crippen LogP contribution in [0.2, 0.25) is 0 Å². The lowest BCUT2D eigenvalue weighted by Crippen LogP contribution is -2.14. The van der Waals surface area contributed by atoms with Crippen LogP contribution in [0.25, 0.3) is 0 Å². The summed E-state index contributed by atoms with van der Waals surface area (Å²) >= 11 is 1.76. The van der Waals surface area contributed by atoms with E-state index in [2.05, 4.69) is 19.0 Å². The summed E-state index contributed by atoms with van der Waals surface area (Å²) in [5, 5.41) is 11.9. The first-order valence-corrected chi connectivity index (χ1v) is 6.78. The first kappa shape index (κ1) is 13.9. The highest BCUT2D eigenvalue weighted by Gasteiger charge is 2.09. The summed E-state index contributed by atoms with van der Waals surface area (Å²) in [6, 6.07) is 6.04. The molecular formula is C13H20N2OS. The van der Waals surface area contributed by atoms with Crippen molar-refractivity contribution < 1.29 is 5.21 Å². The summed E-state index contributed by atoms with van der Waals surface area (Å²) in [7, 11) is 0. The Balaban J connectivity index is 2.91. The van der Waals surface area contributed by atoms with Gasteiger partial charge in [0, 0.05) is 16.2 Å². The molecule has 0 aliphatic heterocycles. The first-order valence-electron chi connectivity index (χ1n) is 5.79. The lowest BCUT2D eigenvalue weighted by atomic mass is 10.1. The zero-order valence-electron chi connectivity index (χ0n) is 10.6. The van der Waals surface area contributed by atoms with Gasteiger partial charge < -0.3 is 10.9 Å². The molecule has 17 heavy (non-hydrogen) atoms. The number of hydrogen-bond donors (Lipinski definition) is 2. The Kier molecular flexibility index (Phi) is 5.35. The average Bonchev–Trinajstić information content (AvgIpc) is 2.35. The van der Waals surface area contributed by atoms with Gasteiger partial charge >= 0.3 is 0 Å².